The molecule has 0 aromatic heterocycles. The number of carbonyl (C=O) groups excluding carboxylic acids is 4. The predicted molar refractivity (Wildman–Crippen MR) is 249 cm³/mol. The van der Waals surface area contributed by atoms with Gasteiger partial charge in [0, 0.05) is 50.0 Å². The van der Waals surface area contributed by atoms with Crippen molar-refractivity contribution in [2.45, 2.75) is 97.8 Å². The van der Waals surface area contributed by atoms with E-state index in [0.29, 0.717) is 95.7 Å². The minimum atomic E-state index is -0.536. The molecule has 0 saturated carbocycles. The van der Waals surface area contributed by atoms with Gasteiger partial charge in [0.2, 0.25) is 0 Å². The molecule has 0 unspecified atom stereocenters. The lowest BCUT2D eigenvalue weighted by Crippen LogP contribution is -2.42. The summed E-state index contributed by atoms with van der Waals surface area (Å²) in [7, 11) is 0. The Balaban J connectivity index is 1.33. The van der Waals surface area contributed by atoms with Crippen LogP contribution in [0.5, 0.6) is 23.0 Å². The van der Waals surface area contributed by atoms with Crippen LogP contribution in [0, 0.1) is 0 Å². The maximum Gasteiger partial charge on any atom is 0.261 e. The van der Waals surface area contributed by atoms with Gasteiger partial charge in [-0.05, 0) is 87.7 Å². The molecule has 322 valence electrons. The third-order valence-corrected chi connectivity index (χ3v) is 12.9. The second-order valence-corrected chi connectivity index (χ2v) is 19.2. The van der Waals surface area contributed by atoms with Crippen molar-refractivity contribution in [1.29, 1.82) is 0 Å². The number of hydrogen-bond donors (Lipinski definition) is 1. The number of hydrogen-bond acceptors (Lipinski definition) is 7. The van der Waals surface area contributed by atoms with Crippen molar-refractivity contribution in [3.63, 3.8) is 0 Å². The fourth-order valence-electron chi connectivity index (χ4n) is 9.51. The number of β-amino-alcohol motifs (C(OH)–C–C–N with tert-alkyl or cyclic N) is 1. The molecule has 63 heavy (non-hydrogen) atoms. The molecular weight excluding hydrogens is 789 g/mol. The van der Waals surface area contributed by atoms with Crippen molar-refractivity contribution in [3.05, 3.63) is 118 Å². The smallest absolute Gasteiger partial charge is 0.261 e. The van der Waals surface area contributed by atoms with Gasteiger partial charge in [-0.25, -0.2) is 0 Å². The van der Waals surface area contributed by atoms with Crippen LogP contribution >= 0.6 is 0 Å². The van der Waals surface area contributed by atoms with Gasteiger partial charge in [0.05, 0.1) is 24.3 Å². The Morgan fingerprint density at radius 2 is 0.857 bits per heavy atom. The van der Waals surface area contributed by atoms with Gasteiger partial charge in [0.1, 0.15) is 23.0 Å². The van der Waals surface area contributed by atoms with Gasteiger partial charge in [0.25, 0.3) is 23.6 Å². The highest BCUT2D eigenvalue weighted by atomic mass is 16.5. The third-order valence-electron chi connectivity index (χ3n) is 12.9. The number of amides is 4. The van der Waals surface area contributed by atoms with Gasteiger partial charge < -0.3 is 14.6 Å². The van der Waals surface area contributed by atoms with Crippen molar-refractivity contribution in [1.82, 2.24) is 9.80 Å². The lowest BCUT2D eigenvalue weighted by molar-refractivity contribution is 0.0574. The molecule has 0 fully saturated rings. The van der Waals surface area contributed by atoms with E-state index in [1.807, 2.05) is 60.7 Å². The molecule has 4 amide bonds. The molecule has 0 aliphatic carbocycles. The number of imide groups is 2. The topological polar surface area (TPSA) is 113 Å². The maximum atomic E-state index is 14.7. The molecule has 0 spiro atoms. The minimum Gasteiger partial charge on any atom is -0.457 e. The first kappa shape index (κ1) is 42.0. The van der Waals surface area contributed by atoms with Gasteiger partial charge in [0.15, 0.2) is 0 Å². The Morgan fingerprint density at radius 3 is 1.27 bits per heavy atom. The van der Waals surface area contributed by atoms with E-state index < -0.39 is 11.8 Å². The fourth-order valence-corrected chi connectivity index (χ4v) is 9.51. The van der Waals surface area contributed by atoms with Gasteiger partial charge in [-0.1, -0.05) is 117 Å². The summed E-state index contributed by atoms with van der Waals surface area (Å²) in [6.07, 6.45) is 6.10. The summed E-state index contributed by atoms with van der Waals surface area (Å²) in [4.78, 5) is 60.1. The van der Waals surface area contributed by atoms with E-state index >= 15 is 0 Å². The Morgan fingerprint density at radius 1 is 0.460 bits per heavy atom. The Labute approximate surface area is 367 Å². The average Bonchev–Trinajstić information content (AvgIpc) is 3.25. The first-order valence-electron chi connectivity index (χ1n) is 22.3. The zero-order chi connectivity index (χ0) is 44.5. The molecule has 7 aromatic carbocycles. The zero-order valence-corrected chi connectivity index (χ0v) is 37.2. The molecule has 7 aromatic rings. The molecule has 9 nitrogen and oxygen atoms in total. The molecule has 9 rings (SSSR count). The maximum absolute atomic E-state index is 14.7. The fraction of sp³-hybridized carbons (Fsp3) is 0.333. The van der Waals surface area contributed by atoms with Crippen LogP contribution in [-0.4, -0.2) is 58.2 Å². The second-order valence-electron chi connectivity index (χ2n) is 19.2. The van der Waals surface area contributed by atoms with Crippen LogP contribution in [0.2, 0.25) is 0 Å². The SMILES string of the molecule is CCCCCCCCN1C(=O)c2ccc3c4c(Oc5ccc(C(C)(C)C)cc5)cc5c6c(ccc(c7c(Oc8ccc(C(C)(C)C)cc8)cc(c2c37)C1=O)c64)C(=O)N(CCO)C5=O. The molecule has 0 radical (unpaired) electrons. The number of ether oxygens (including phenoxy) is 2. The first-order chi connectivity index (χ1) is 30.1. The van der Waals surface area contributed by atoms with E-state index in [1.165, 1.54) is 4.90 Å². The molecular formula is C54H54N2O7. The van der Waals surface area contributed by atoms with Crippen LogP contribution in [0.4, 0.5) is 0 Å². The van der Waals surface area contributed by atoms with E-state index in [1.54, 1.807) is 24.3 Å². The van der Waals surface area contributed by atoms with Gasteiger partial charge >= 0.3 is 0 Å². The standard InChI is InChI=1S/C54H54N2O7/c1-8-9-10-11-12-13-26-55-49(58)37-24-22-35-46-42(63-34-20-16-32(17-21-34)54(5,6)7)30-40-44-38(50(59)56(27-28-57)52(40)61)25-23-36(48(44)46)45-41(29-39(51(55)60)43(37)47(35)45)62-33-18-14-31(15-19-33)53(2,3)4/h14-25,29-30,57H,8-13,26-28H2,1-7H3. The van der Waals surface area contributed by atoms with Gasteiger partial charge in [-0.15, -0.1) is 0 Å². The first-order valence-corrected chi connectivity index (χ1v) is 22.3. The summed E-state index contributed by atoms with van der Waals surface area (Å²) in [5, 5.41) is 14.8. The summed E-state index contributed by atoms with van der Waals surface area (Å²) in [5.74, 6) is 0.139. The van der Waals surface area contributed by atoms with Gasteiger partial charge in [-0.3, -0.25) is 29.0 Å². The molecule has 2 heterocycles. The van der Waals surface area contributed by atoms with Crippen LogP contribution in [0.1, 0.15) is 140 Å². The monoisotopic (exact) mass is 842 g/mol. The largest absolute Gasteiger partial charge is 0.457 e. The summed E-state index contributed by atoms with van der Waals surface area (Å²) in [5.41, 5.74) is 3.47. The normalized spacial score (nSPS) is 14.3. The molecule has 0 atom stereocenters. The quantitative estimate of drug-likeness (QED) is 0.0532. The third kappa shape index (κ3) is 7.07. The number of carbonyl (C=O) groups is 4. The van der Waals surface area contributed by atoms with Crippen LogP contribution in [-0.2, 0) is 10.8 Å². The molecule has 1 N–H and O–H groups in total. The van der Waals surface area contributed by atoms with Crippen molar-refractivity contribution >= 4 is 66.7 Å². The van der Waals surface area contributed by atoms with E-state index in [2.05, 4.69) is 48.5 Å². The van der Waals surface area contributed by atoms with E-state index in [-0.39, 0.29) is 41.4 Å². The van der Waals surface area contributed by atoms with Crippen molar-refractivity contribution in [2.24, 2.45) is 0 Å². The molecule has 9 heteroatoms. The summed E-state index contributed by atoms with van der Waals surface area (Å²) in [6, 6.07) is 26.5. The van der Waals surface area contributed by atoms with E-state index in [0.717, 1.165) is 48.1 Å². The molecule has 0 bridgehead atoms. The lowest BCUT2D eigenvalue weighted by atomic mass is 9.81. The average molecular weight is 843 g/mol. The summed E-state index contributed by atoms with van der Waals surface area (Å²) >= 11 is 0. The lowest BCUT2D eigenvalue weighted by Gasteiger charge is -2.31. The summed E-state index contributed by atoms with van der Waals surface area (Å²) in [6.45, 7) is 14.8. The molecule has 0 saturated heterocycles. The number of unbranched alkanes of at least 4 members (excludes halogenated alkanes) is 5. The number of benzene rings is 7. The predicted octanol–water partition coefficient (Wildman–Crippen LogP) is 12.5. The zero-order valence-electron chi connectivity index (χ0n) is 37.2. The minimum absolute atomic E-state index is 0.0862. The number of nitrogens with zero attached hydrogens (tertiary/aromatic N) is 2. The van der Waals surface area contributed by atoms with Crippen molar-refractivity contribution in [3.8, 4) is 23.0 Å². The summed E-state index contributed by atoms with van der Waals surface area (Å²) < 4.78 is 13.7. The number of aliphatic hydroxyl groups is 1. The molecule has 2 aliphatic rings. The second kappa shape index (κ2) is 15.8. The Kier molecular flexibility index (Phi) is 10.5. The van der Waals surface area contributed by atoms with Crippen LogP contribution in [0.15, 0.2) is 84.9 Å². The number of rotatable bonds is 13. The Hall–Kier alpha value is -6.32. The van der Waals surface area contributed by atoms with E-state index in [4.69, 9.17) is 9.47 Å². The highest BCUT2D eigenvalue weighted by Gasteiger charge is 2.39. The number of fused-ring (bicyclic) bond motifs is 2. The van der Waals surface area contributed by atoms with Crippen molar-refractivity contribution < 1.29 is 33.8 Å². The highest BCUT2D eigenvalue weighted by molar-refractivity contribution is 6.43. The van der Waals surface area contributed by atoms with Crippen LogP contribution < -0.4 is 9.47 Å². The Bertz CT molecular complexity index is 2990. The van der Waals surface area contributed by atoms with E-state index in [9.17, 15) is 24.3 Å². The van der Waals surface area contributed by atoms with Crippen LogP contribution in [0.3, 0.4) is 0 Å². The van der Waals surface area contributed by atoms with Crippen molar-refractivity contribution in [2.75, 3.05) is 19.7 Å². The van der Waals surface area contributed by atoms with Gasteiger partial charge in [-0.2, -0.15) is 0 Å². The molecule has 2 aliphatic heterocycles. The highest BCUT2D eigenvalue weighted by Crippen LogP contribution is 2.53. The van der Waals surface area contributed by atoms with Crippen LogP contribution in [0.25, 0.3) is 43.1 Å². The number of aliphatic hydroxyl groups excluding tert-OH is 1.